The molecule has 0 aliphatic carbocycles. The lowest BCUT2D eigenvalue weighted by molar-refractivity contribution is -0.118. The Morgan fingerprint density at radius 2 is 2.00 bits per heavy atom. The molecule has 0 aliphatic rings. The van der Waals surface area contributed by atoms with Gasteiger partial charge >= 0.3 is 0 Å². The highest BCUT2D eigenvalue weighted by Gasteiger charge is 2.19. The maximum Gasteiger partial charge on any atom is 0.253 e. The molecule has 0 atom stereocenters. The maximum atomic E-state index is 13.0. The summed E-state index contributed by atoms with van der Waals surface area (Å²) in [6.45, 7) is 6.06. The predicted octanol–water partition coefficient (Wildman–Crippen LogP) is 1.98. The van der Waals surface area contributed by atoms with Gasteiger partial charge in [0.15, 0.2) is 5.82 Å². The van der Waals surface area contributed by atoms with Crippen LogP contribution in [0.5, 0.6) is 0 Å². The number of para-hydroxylation sites is 1. The van der Waals surface area contributed by atoms with Crippen molar-refractivity contribution < 1.29 is 9.59 Å². The van der Waals surface area contributed by atoms with Crippen LogP contribution in [0.1, 0.15) is 29.9 Å². The van der Waals surface area contributed by atoms with E-state index in [4.69, 9.17) is 5.73 Å². The lowest BCUT2D eigenvalue weighted by Gasteiger charge is -2.07. The minimum Gasteiger partial charge on any atom is -0.330 e. The van der Waals surface area contributed by atoms with Crippen LogP contribution in [0, 0.1) is 12.8 Å². The summed E-state index contributed by atoms with van der Waals surface area (Å²) in [5.41, 5.74) is 8.58. The van der Waals surface area contributed by atoms with Crippen LogP contribution in [0.15, 0.2) is 30.5 Å². The molecule has 0 aliphatic heterocycles. The Hall–Kier alpha value is -3.00. The van der Waals surface area contributed by atoms with Gasteiger partial charge in [0.05, 0.1) is 11.7 Å². The molecular weight excluding hydrogens is 344 g/mol. The Morgan fingerprint density at radius 3 is 2.70 bits per heavy atom. The second-order valence-corrected chi connectivity index (χ2v) is 6.79. The van der Waals surface area contributed by atoms with Crippen LogP contribution in [0.25, 0.3) is 10.9 Å². The van der Waals surface area contributed by atoms with Crippen LogP contribution < -0.4 is 11.1 Å². The highest BCUT2D eigenvalue weighted by atomic mass is 16.2. The number of aromatic nitrogens is 4. The van der Waals surface area contributed by atoms with Gasteiger partial charge in [-0.25, -0.2) is 4.68 Å². The molecule has 2 aromatic heterocycles. The molecule has 0 saturated heterocycles. The Kier molecular flexibility index (Phi) is 5.36. The fraction of sp³-hybridized carbons (Fsp3) is 0.368. The lowest BCUT2D eigenvalue weighted by Crippen LogP contribution is -2.20. The average Bonchev–Trinajstić information content (AvgIpc) is 3.17. The van der Waals surface area contributed by atoms with E-state index in [0.29, 0.717) is 18.8 Å². The lowest BCUT2D eigenvalue weighted by atomic mass is 10.1. The Morgan fingerprint density at radius 1 is 1.26 bits per heavy atom. The number of rotatable bonds is 6. The van der Waals surface area contributed by atoms with Crippen molar-refractivity contribution >= 4 is 28.5 Å². The number of amides is 1. The zero-order chi connectivity index (χ0) is 19.6. The predicted molar refractivity (Wildman–Crippen MR) is 104 cm³/mol. The molecule has 8 heteroatoms. The fourth-order valence-corrected chi connectivity index (χ4v) is 3.13. The molecule has 142 valence electrons. The number of benzene rings is 1. The number of nitrogens with zero attached hydrogens (tertiary/aromatic N) is 4. The molecule has 3 N–H and O–H groups in total. The molecule has 3 rings (SSSR count). The van der Waals surface area contributed by atoms with Gasteiger partial charge in [-0.05, 0) is 31.5 Å². The Bertz CT molecular complexity index is 985. The normalized spacial score (nSPS) is 11.3. The van der Waals surface area contributed by atoms with E-state index < -0.39 is 0 Å². The molecule has 8 nitrogen and oxygen atoms in total. The maximum absolute atomic E-state index is 13.0. The second kappa shape index (κ2) is 7.71. The summed E-state index contributed by atoms with van der Waals surface area (Å²) in [6, 6.07) is 7.80. The van der Waals surface area contributed by atoms with E-state index in [2.05, 4.69) is 15.6 Å². The SMILES string of the molecule is Cc1c(CCN)c2ccccc2n1C(=O)Cn1cc(NC(=O)C(C)C)nn1. The summed E-state index contributed by atoms with van der Waals surface area (Å²) in [7, 11) is 0. The van der Waals surface area contributed by atoms with Gasteiger partial charge in [0.25, 0.3) is 5.91 Å². The first-order chi connectivity index (χ1) is 12.9. The average molecular weight is 368 g/mol. The number of anilines is 1. The first-order valence-electron chi connectivity index (χ1n) is 8.95. The van der Waals surface area contributed by atoms with Crippen molar-refractivity contribution in [3.8, 4) is 0 Å². The molecule has 0 fully saturated rings. The third kappa shape index (κ3) is 3.75. The van der Waals surface area contributed by atoms with Gasteiger partial charge in [0.1, 0.15) is 6.54 Å². The third-order valence-corrected chi connectivity index (χ3v) is 4.50. The Labute approximate surface area is 157 Å². The van der Waals surface area contributed by atoms with Crippen LogP contribution in [-0.2, 0) is 17.8 Å². The number of nitrogens with one attached hydrogen (secondary N) is 1. The molecule has 1 aromatic carbocycles. The van der Waals surface area contributed by atoms with Crippen LogP contribution in [-0.4, -0.2) is 37.9 Å². The zero-order valence-corrected chi connectivity index (χ0v) is 15.8. The molecule has 0 bridgehead atoms. The van der Waals surface area contributed by atoms with E-state index in [1.54, 1.807) is 24.6 Å². The van der Waals surface area contributed by atoms with E-state index in [9.17, 15) is 9.59 Å². The van der Waals surface area contributed by atoms with Crippen molar-refractivity contribution in [2.45, 2.75) is 33.7 Å². The molecular formula is C19H24N6O2. The van der Waals surface area contributed by atoms with Gasteiger partial charge in [0.2, 0.25) is 5.91 Å². The number of carbonyl (C=O) groups excluding carboxylic acids is 2. The van der Waals surface area contributed by atoms with Gasteiger partial charge in [-0.3, -0.25) is 14.2 Å². The summed E-state index contributed by atoms with van der Waals surface area (Å²) < 4.78 is 3.13. The van der Waals surface area contributed by atoms with Crippen molar-refractivity contribution in [2.75, 3.05) is 11.9 Å². The summed E-state index contributed by atoms with van der Waals surface area (Å²) >= 11 is 0. The van der Waals surface area contributed by atoms with E-state index in [1.807, 2.05) is 31.2 Å². The van der Waals surface area contributed by atoms with Gasteiger partial charge in [-0.15, -0.1) is 5.10 Å². The second-order valence-electron chi connectivity index (χ2n) is 6.79. The van der Waals surface area contributed by atoms with Gasteiger partial charge in [-0.2, -0.15) is 0 Å². The van der Waals surface area contributed by atoms with Crippen molar-refractivity contribution in [1.82, 2.24) is 19.6 Å². The van der Waals surface area contributed by atoms with Gasteiger partial charge in [-0.1, -0.05) is 37.3 Å². The number of nitrogens with two attached hydrogens (primary N) is 1. The zero-order valence-electron chi connectivity index (χ0n) is 15.8. The monoisotopic (exact) mass is 368 g/mol. The summed E-state index contributed by atoms with van der Waals surface area (Å²) in [5.74, 6) is -0.100. The molecule has 0 saturated carbocycles. The molecule has 27 heavy (non-hydrogen) atoms. The number of hydrogen-bond acceptors (Lipinski definition) is 5. The quantitative estimate of drug-likeness (QED) is 0.692. The Balaban J connectivity index is 1.86. The topological polar surface area (TPSA) is 108 Å². The van der Waals surface area contributed by atoms with Gasteiger partial charge in [0, 0.05) is 17.0 Å². The van der Waals surface area contributed by atoms with E-state index in [-0.39, 0.29) is 24.3 Å². The molecule has 1 amide bonds. The summed E-state index contributed by atoms with van der Waals surface area (Å²) in [4.78, 5) is 24.7. The number of hydrogen-bond donors (Lipinski definition) is 2. The van der Waals surface area contributed by atoms with E-state index in [0.717, 1.165) is 22.2 Å². The number of fused-ring (bicyclic) bond motifs is 1. The molecule has 3 aromatic rings. The van der Waals surface area contributed by atoms with Crippen LogP contribution >= 0.6 is 0 Å². The van der Waals surface area contributed by atoms with Crippen molar-refractivity contribution in [3.05, 3.63) is 41.7 Å². The molecule has 2 heterocycles. The van der Waals surface area contributed by atoms with Crippen LogP contribution in [0.2, 0.25) is 0 Å². The first kappa shape index (κ1) is 18.8. The fourth-order valence-electron chi connectivity index (χ4n) is 3.13. The van der Waals surface area contributed by atoms with Gasteiger partial charge < -0.3 is 11.1 Å². The van der Waals surface area contributed by atoms with Crippen molar-refractivity contribution in [1.29, 1.82) is 0 Å². The molecule has 0 unspecified atom stereocenters. The minimum atomic E-state index is -0.161. The standard InChI is InChI=1S/C19H24N6O2/c1-12(2)19(27)21-17-10-24(23-22-17)11-18(26)25-13(3)14(8-9-20)15-6-4-5-7-16(15)25/h4-7,10,12H,8-9,11,20H2,1-3H3,(H,21,27). The first-order valence-corrected chi connectivity index (χ1v) is 8.95. The van der Waals surface area contributed by atoms with E-state index >= 15 is 0 Å². The van der Waals surface area contributed by atoms with Crippen molar-refractivity contribution in [2.24, 2.45) is 11.7 Å². The summed E-state index contributed by atoms with van der Waals surface area (Å²) in [6.07, 6.45) is 2.27. The van der Waals surface area contributed by atoms with Crippen molar-refractivity contribution in [3.63, 3.8) is 0 Å². The highest BCUT2D eigenvalue weighted by molar-refractivity contribution is 5.96. The van der Waals surface area contributed by atoms with Crippen LogP contribution in [0.3, 0.4) is 0 Å². The molecule has 0 radical (unpaired) electrons. The minimum absolute atomic E-state index is 0.0200. The van der Waals surface area contributed by atoms with Crippen LogP contribution in [0.4, 0.5) is 5.82 Å². The molecule has 0 spiro atoms. The number of carbonyl (C=O) groups is 2. The summed E-state index contributed by atoms with van der Waals surface area (Å²) in [5, 5.41) is 11.6. The third-order valence-electron chi connectivity index (χ3n) is 4.50. The smallest absolute Gasteiger partial charge is 0.253 e. The highest BCUT2D eigenvalue weighted by Crippen LogP contribution is 2.26. The largest absolute Gasteiger partial charge is 0.330 e. The van der Waals surface area contributed by atoms with E-state index in [1.165, 1.54) is 4.68 Å².